The number of hydrogen-bond acceptors (Lipinski definition) is 3. The smallest absolute Gasteiger partial charge is 0.345 e. The highest BCUT2D eigenvalue weighted by Gasteiger charge is 1.99. The number of hydrogen-bond donors (Lipinski definition) is 1. The Balaban J connectivity index is 0.000000146. The fraction of sp³-hybridized carbons (Fsp3) is 0. The lowest BCUT2D eigenvalue weighted by atomic mass is 10.5. The van der Waals surface area contributed by atoms with E-state index in [2.05, 4.69) is 0 Å². The molecule has 0 spiro atoms. The molecule has 2 nitrogen and oxygen atoms in total. The lowest BCUT2D eigenvalue weighted by Crippen LogP contribution is -1.89. The fourth-order valence-corrected chi connectivity index (χ4v) is 1.89. The predicted octanol–water partition coefficient (Wildman–Crippen LogP) is 3.85. The molecular weight excluding hydrogens is 240 g/mol. The summed E-state index contributed by atoms with van der Waals surface area (Å²) < 4.78 is 0.856. The van der Waals surface area contributed by atoms with Gasteiger partial charge >= 0.3 is 5.97 Å². The van der Waals surface area contributed by atoms with Gasteiger partial charge in [0, 0.05) is 0 Å². The Labute approximate surface area is 94.4 Å². The maximum absolute atomic E-state index is 10.1. The maximum Gasteiger partial charge on any atom is 0.345 e. The molecule has 0 amide bonds. The number of aromatic carboxylic acids is 1. The Morgan fingerprint density at radius 2 is 1.86 bits per heavy atom. The van der Waals surface area contributed by atoms with Crippen LogP contribution in [0.3, 0.4) is 0 Å². The van der Waals surface area contributed by atoms with Crippen molar-refractivity contribution in [2.24, 2.45) is 0 Å². The first-order valence-electron chi connectivity index (χ1n) is 3.66. The van der Waals surface area contributed by atoms with Crippen LogP contribution in [0.1, 0.15) is 9.67 Å². The molecule has 0 fully saturated rings. The van der Waals surface area contributed by atoms with Gasteiger partial charge in [0.15, 0.2) is 0 Å². The van der Waals surface area contributed by atoms with Crippen LogP contribution in [-0.4, -0.2) is 11.1 Å². The van der Waals surface area contributed by atoms with Gasteiger partial charge in [-0.15, -0.1) is 22.7 Å². The Morgan fingerprint density at radius 3 is 2.07 bits per heavy atom. The molecule has 0 aliphatic heterocycles. The molecule has 74 valence electrons. The maximum atomic E-state index is 10.1. The average Bonchev–Trinajstić information content (AvgIpc) is 2.75. The van der Waals surface area contributed by atoms with Crippen LogP contribution < -0.4 is 0 Å². The van der Waals surface area contributed by atoms with E-state index >= 15 is 0 Å². The van der Waals surface area contributed by atoms with Crippen LogP contribution in [0.4, 0.5) is 0 Å². The third-order valence-electron chi connectivity index (χ3n) is 1.22. The minimum absolute atomic E-state index is 0.394. The highest BCUT2D eigenvalue weighted by molar-refractivity contribution is 7.14. The third-order valence-corrected chi connectivity index (χ3v) is 3.12. The van der Waals surface area contributed by atoms with E-state index in [9.17, 15) is 4.79 Å². The number of carbonyl (C=O) groups is 1. The van der Waals surface area contributed by atoms with Gasteiger partial charge in [-0.2, -0.15) is 0 Å². The lowest BCUT2D eigenvalue weighted by Gasteiger charge is -1.78. The van der Waals surface area contributed by atoms with Gasteiger partial charge in [-0.25, -0.2) is 4.79 Å². The summed E-state index contributed by atoms with van der Waals surface area (Å²) in [6, 6.07) is 7.08. The predicted molar refractivity (Wildman–Crippen MR) is 60.6 cm³/mol. The monoisotopic (exact) mass is 246 g/mol. The first kappa shape index (κ1) is 11.2. The fourth-order valence-electron chi connectivity index (χ4n) is 0.659. The summed E-state index contributed by atoms with van der Waals surface area (Å²) in [5.74, 6) is -0.847. The van der Waals surface area contributed by atoms with Crippen molar-refractivity contribution in [1.82, 2.24) is 0 Å². The molecule has 0 unspecified atom stereocenters. The van der Waals surface area contributed by atoms with Crippen LogP contribution in [-0.2, 0) is 0 Å². The van der Waals surface area contributed by atoms with Gasteiger partial charge in [0.1, 0.15) is 4.88 Å². The molecule has 0 bridgehead atoms. The molecule has 0 saturated heterocycles. The summed E-state index contributed by atoms with van der Waals surface area (Å²) in [6.07, 6.45) is 0. The number of carboxylic acid groups (broad SMARTS) is 1. The van der Waals surface area contributed by atoms with E-state index in [4.69, 9.17) is 16.7 Å². The van der Waals surface area contributed by atoms with Gasteiger partial charge in [-0.3, -0.25) is 0 Å². The van der Waals surface area contributed by atoms with Gasteiger partial charge in [0.05, 0.1) is 4.34 Å². The molecule has 0 aliphatic carbocycles. The molecule has 0 radical (unpaired) electrons. The zero-order valence-corrected chi connectivity index (χ0v) is 9.40. The van der Waals surface area contributed by atoms with E-state index in [0.29, 0.717) is 4.88 Å². The molecule has 0 aliphatic rings. The Morgan fingerprint density at radius 1 is 1.21 bits per heavy atom. The summed E-state index contributed by atoms with van der Waals surface area (Å²) in [5, 5.41) is 12.0. The molecule has 2 aromatic rings. The molecule has 2 aromatic heterocycles. The SMILES string of the molecule is Clc1cccs1.O=C(O)c1cccs1. The van der Waals surface area contributed by atoms with Gasteiger partial charge in [-0.05, 0) is 29.0 Å². The van der Waals surface area contributed by atoms with Gasteiger partial charge in [-0.1, -0.05) is 17.7 Å². The van der Waals surface area contributed by atoms with Gasteiger partial charge < -0.3 is 5.11 Å². The second-order valence-electron chi connectivity index (χ2n) is 2.20. The summed E-state index contributed by atoms with van der Waals surface area (Å²) in [7, 11) is 0. The van der Waals surface area contributed by atoms with Crippen molar-refractivity contribution in [2.75, 3.05) is 0 Å². The highest BCUT2D eigenvalue weighted by Crippen LogP contribution is 2.13. The Kier molecular flexibility index (Phi) is 4.65. The van der Waals surface area contributed by atoms with Crippen molar-refractivity contribution in [1.29, 1.82) is 0 Å². The van der Waals surface area contributed by atoms with E-state index in [0.717, 1.165) is 4.34 Å². The second kappa shape index (κ2) is 5.80. The first-order chi connectivity index (χ1) is 6.70. The average molecular weight is 247 g/mol. The summed E-state index contributed by atoms with van der Waals surface area (Å²) in [4.78, 5) is 10.5. The molecule has 5 heteroatoms. The second-order valence-corrected chi connectivity index (χ2v) is 4.73. The molecule has 0 saturated carbocycles. The zero-order chi connectivity index (χ0) is 10.4. The molecule has 0 aromatic carbocycles. The number of halogens is 1. The van der Waals surface area contributed by atoms with E-state index in [-0.39, 0.29) is 0 Å². The topological polar surface area (TPSA) is 37.3 Å². The van der Waals surface area contributed by atoms with Crippen LogP contribution in [0.25, 0.3) is 0 Å². The van der Waals surface area contributed by atoms with Crippen molar-refractivity contribution in [2.45, 2.75) is 0 Å². The summed E-state index contributed by atoms with van der Waals surface area (Å²) >= 11 is 8.25. The van der Waals surface area contributed by atoms with Crippen molar-refractivity contribution in [3.63, 3.8) is 0 Å². The zero-order valence-electron chi connectivity index (χ0n) is 7.01. The van der Waals surface area contributed by atoms with Crippen LogP contribution in [0, 0.1) is 0 Å². The molecule has 2 rings (SSSR count). The Bertz CT molecular complexity index is 367. The van der Waals surface area contributed by atoms with Crippen LogP contribution >= 0.6 is 34.3 Å². The molecule has 0 atom stereocenters. The summed E-state index contributed by atoms with van der Waals surface area (Å²) in [6.45, 7) is 0. The van der Waals surface area contributed by atoms with Gasteiger partial charge in [0.25, 0.3) is 0 Å². The largest absolute Gasteiger partial charge is 0.477 e. The quantitative estimate of drug-likeness (QED) is 0.830. The number of rotatable bonds is 1. The van der Waals surface area contributed by atoms with Crippen LogP contribution in [0.15, 0.2) is 35.0 Å². The minimum Gasteiger partial charge on any atom is -0.477 e. The number of carboxylic acids is 1. The van der Waals surface area contributed by atoms with E-state index in [1.807, 2.05) is 17.5 Å². The lowest BCUT2D eigenvalue weighted by molar-refractivity contribution is 0.0702. The van der Waals surface area contributed by atoms with Crippen molar-refractivity contribution in [3.05, 3.63) is 44.2 Å². The minimum atomic E-state index is -0.847. The first-order valence-corrected chi connectivity index (χ1v) is 5.79. The third kappa shape index (κ3) is 3.91. The molecule has 2 heterocycles. The van der Waals surface area contributed by atoms with Crippen LogP contribution in [0.2, 0.25) is 4.34 Å². The van der Waals surface area contributed by atoms with Crippen molar-refractivity contribution >= 4 is 40.2 Å². The summed E-state index contributed by atoms with van der Waals surface area (Å²) in [5.41, 5.74) is 0. The molecular formula is C9H7ClO2S2. The van der Waals surface area contributed by atoms with E-state index < -0.39 is 5.97 Å². The van der Waals surface area contributed by atoms with Crippen molar-refractivity contribution < 1.29 is 9.90 Å². The van der Waals surface area contributed by atoms with Gasteiger partial charge in [0.2, 0.25) is 0 Å². The van der Waals surface area contributed by atoms with E-state index in [1.54, 1.807) is 28.8 Å². The number of thiophene rings is 2. The molecule has 1 N–H and O–H groups in total. The van der Waals surface area contributed by atoms with Crippen LogP contribution in [0.5, 0.6) is 0 Å². The van der Waals surface area contributed by atoms with Crippen molar-refractivity contribution in [3.8, 4) is 0 Å². The highest BCUT2D eigenvalue weighted by atomic mass is 35.5. The van der Waals surface area contributed by atoms with E-state index in [1.165, 1.54) is 11.3 Å². The normalized spacial score (nSPS) is 8.93. The Hall–Kier alpha value is -0.840. The molecule has 14 heavy (non-hydrogen) atoms. The standard InChI is InChI=1S/C5H4O2S.C4H3ClS/c6-5(7)4-2-1-3-8-4;5-4-2-1-3-6-4/h1-3H,(H,6,7);1-3H.